The fourth-order valence-electron chi connectivity index (χ4n) is 4.69. The second-order valence-corrected chi connectivity index (χ2v) is 10.6. The highest BCUT2D eigenvalue weighted by Gasteiger charge is 2.48. The van der Waals surface area contributed by atoms with Gasteiger partial charge in [-0.1, -0.05) is 0 Å². The minimum absolute atomic E-state index is 0.0287. The predicted octanol–water partition coefficient (Wildman–Crippen LogP) is 3.32. The minimum Gasteiger partial charge on any atom is -0.480 e. The van der Waals surface area contributed by atoms with Gasteiger partial charge in [-0.05, 0) is 70.3 Å². The van der Waals surface area contributed by atoms with Crippen LogP contribution in [0, 0.1) is 23.7 Å². The number of hydrogen-bond donors (Lipinski definition) is 2. The number of nitrogens with one attached hydrogen (secondary N) is 2. The normalized spacial score (nSPS) is 17.3. The van der Waals surface area contributed by atoms with Gasteiger partial charge in [0.25, 0.3) is 5.95 Å². The molecular weight excluding hydrogens is 483 g/mol. The highest BCUT2D eigenvalue weighted by molar-refractivity contribution is 5.96. The number of carbonyl (C=O) groups is 2. The highest BCUT2D eigenvalue weighted by Crippen LogP contribution is 2.51. The van der Waals surface area contributed by atoms with Crippen LogP contribution in [0.5, 0.6) is 5.88 Å². The molecule has 2 aromatic heterocycles. The number of methoxy groups -OCH3 is 2. The number of alkyl carbamates (subject to hydrolysis) is 1. The summed E-state index contributed by atoms with van der Waals surface area (Å²) in [6.07, 6.45) is 6.24. The smallest absolute Gasteiger partial charge is 0.408 e. The molecule has 2 aliphatic carbocycles. The Kier molecular flexibility index (Phi) is 7.96. The maximum Gasteiger partial charge on any atom is 0.408 e. The van der Waals surface area contributed by atoms with E-state index in [2.05, 4.69) is 25.9 Å². The average molecular weight is 519 g/mol. The Morgan fingerprint density at radius 1 is 1.19 bits per heavy atom. The number of hydrogen-bond acceptors (Lipinski definition) is 8. The Bertz CT molecular complexity index is 1100. The molecule has 12 heteroatoms. The van der Waals surface area contributed by atoms with Crippen LogP contribution < -0.4 is 15.4 Å². The first kappa shape index (κ1) is 26.8. The van der Waals surface area contributed by atoms with E-state index in [4.69, 9.17) is 14.2 Å². The third-order valence-electron chi connectivity index (χ3n) is 6.53. The van der Waals surface area contributed by atoms with Crippen molar-refractivity contribution in [3.05, 3.63) is 30.0 Å². The lowest BCUT2D eigenvalue weighted by atomic mass is 9.88. The number of halogens is 1. The summed E-state index contributed by atoms with van der Waals surface area (Å²) < 4.78 is 32.4. The number of rotatable bonds is 11. The lowest BCUT2D eigenvalue weighted by Crippen LogP contribution is -2.51. The molecule has 4 rings (SSSR count). The van der Waals surface area contributed by atoms with Crippen molar-refractivity contribution >= 4 is 17.7 Å². The van der Waals surface area contributed by atoms with Gasteiger partial charge in [0, 0.05) is 12.7 Å². The first-order valence-corrected chi connectivity index (χ1v) is 12.5. The molecule has 0 saturated heterocycles. The Hall–Kier alpha value is -3.28. The summed E-state index contributed by atoms with van der Waals surface area (Å²) in [5.74, 6) is -0.434. The Balaban J connectivity index is 1.57. The second-order valence-electron chi connectivity index (χ2n) is 10.6. The Morgan fingerprint density at radius 2 is 1.86 bits per heavy atom. The van der Waals surface area contributed by atoms with E-state index in [1.165, 1.54) is 31.3 Å². The number of nitrogens with zero attached hydrogens (tertiary/aromatic N) is 4. The van der Waals surface area contributed by atoms with Gasteiger partial charge in [0.05, 0.1) is 26.1 Å². The largest absolute Gasteiger partial charge is 0.480 e. The van der Waals surface area contributed by atoms with Crippen LogP contribution >= 0.6 is 0 Å². The van der Waals surface area contributed by atoms with Gasteiger partial charge in [0.15, 0.2) is 0 Å². The first-order chi connectivity index (χ1) is 17.6. The van der Waals surface area contributed by atoms with E-state index in [0.717, 1.165) is 25.7 Å². The molecule has 37 heavy (non-hydrogen) atoms. The van der Waals surface area contributed by atoms with Crippen LogP contribution in [0.3, 0.4) is 0 Å². The average Bonchev–Trinajstić information content (AvgIpc) is 3.76. The summed E-state index contributed by atoms with van der Waals surface area (Å²) in [7, 11) is 2.97. The number of aromatic nitrogens is 4. The maximum atomic E-state index is 15.0. The number of carbonyl (C=O) groups excluding carboxylic acids is 2. The standard InChI is InChI=1S/C25H35FN6O5/c1-25(2,3)37-24(34)29-20(19(14-6-7-14)15-8-9-15)22(33)28-17-12-32(31-21(17)26)18(13-35-4)16-10-11-27-30-23(16)36-5/h10-12,14-15,18-20H,6-9,13H2,1-5H3,(H,28,33)(H,29,34). The van der Waals surface area contributed by atoms with Crippen molar-refractivity contribution in [2.45, 2.75) is 64.1 Å². The fraction of sp³-hybridized carbons (Fsp3) is 0.640. The molecule has 2 aromatic rings. The van der Waals surface area contributed by atoms with Crippen LogP contribution in [0.2, 0.25) is 0 Å². The van der Waals surface area contributed by atoms with Crippen molar-refractivity contribution in [1.82, 2.24) is 25.3 Å². The van der Waals surface area contributed by atoms with E-state index in [1.807, 2.05) is 0 Å². The van der Waals surface area contributed by atoms with Gasteiger partial charge in [0.1, 0.15) is 23.4 Å². The molecule has 2 atom stereocenters. The molecule has 11 nitrogen and oxygen atoms in total. The third kappa shape index (κ3) is 6.73. The lowest BCUT2D eigenvalue weighted by Gasteiger charge is -2.28. The van der Waals surface area contributed by atoms with Crippen molar-refractivity contribution in [1.29, 1.82) is 0 Å². The van der Waals surface area contributed by atoms with Crippen molar-refractivity contribution in [3.8, 4) is 5.88 Å². The lowest BCUT2D eigenvalue weighted by molar-refractivity contribution is -0.120. The molecule has 0 spiro atoms. The topological polar surface area (TPSA) is 129 Å². The number of ether oxygens (including phenoxy) is 3. The van der Waals surface area contributed by atoms with E-state index >= 15 is 4.39 Å². The van der Waals surface area contributed by atoms with Crippen LogP contribution in [-0.4, -0.2) is 64.4 Å². The molecule has 2 amide bonds. The first-order valence-electron chi connectivity index (χ1n) is 12.5. The number of amides is 2. The van der Waals surface area contributed by atoms with Gasteiger partial charge in [-0.15, -0.1) is 10.2 Å². The molecule has 2 fully saturated rings. The van der Waals surface area contributed by atoms with Crippen LogP contribution in [0.1, 0.15) is 58.1 Å². The Labute approximate surface area is 215 Å². The van der Waals surface area contributed by atoms with E-state index < -0.39 is 35.6 Å². The summed E-state index contributed by atoms with van der Waals surface area (Å²) >= 11 is 0. The molecule has 0 aromatic carbocycles. The predicted molar refractivity (Wildman–Crippen MR) is 132 cm³/mol. The minimum atomic E-state index is -0.860. The summed E-state index contributed by atoms with van der Waals surface area (Å²) in [6.45, 7) is 5.42. The molecular formula is C25H35FN6O5. The second kappa shape index (κ2) is 11.0. The van der Waals surface area contributed by atoms with Gasteiger partial charge in [-0.25, -0.2) is 4.79 Å². The van der Waals surface area contributed by atoms with Gasteiger partial charge >= 0.3 is 6.09 Å². The van der Waals surface area contributed by atoms with E-state index in [1.54, 1.807) is 26.8 Å². The van der Waals surface area contributed by atoms with Crippen LogP contribution in [0.25, 0.3) is 0 Å². The SMILES string of the molecule is COCC(c1ccnnc1OC)n1cc(NC(=O)C(NC(=O)OC(C)(C)C)C(C2CC2)C2CC2)c(F)n1. The summed E-state index contributed by atoms with van der Waals surface area (Å²) in [4.78, 5) is 26.1. The van der Waals surface area contributed by atoms with Crippen molar-refractivity contribution in [2.75, 3.05) is 26.1 Å². The quantitative estimate of drug-likeness (QED) is 0.463. The third-order valence-corrected chi connectivity index (χ3v) is 6.53. The van der Waals surface area contributed by atoms with E-state index in [9.17, 15) is 9.59 Å². The molecule has 2 aliphatic rings. The zero-order chi connectivity index (χ0) is 26.7. The summed E-state index contributed by atoms with van der Waals surface area (Å²) in [5.41, 5.74) is -0.230. The number of anilines is 1. The van der Waals surface area contributed by atoms with E-state index in [0.29, 0.717) is 17.4 Å². The molecule has 2 unspecified atom stereocenters. The Morgan fingerprint density at radius 3 is 2.43 bits per heavy atom. The molecule has 0 bridgehead atoms. The van der Waals surface area contributed by atoms with Gasteiger partial charge in [-0.2, -0.15) is 9.49 Å². The molecule has 2 heterocycles. The van der Waals surface area contributed by atoms with Gasteiger partial charge < -0.3 is 24.8 Å². The van der Waals surface area contributed by atoms with Crippen LogP contribution in [0.4, 0.5) is 14.9 Å². The van der Waals surface area contributed by atoms with Gasteiger partial charge in [0.2, 0.25) is 11.8 Å². The van der Waals surface area contributed by atoms with Crippen LogP contribution in [0.15, 0.2) is 18.5 Å². The molecule has 0 aliphatic heterocycles. The highest BCUT2D eigenvalue weighted by atomic mass is 19.1. The molecule has 2 saturated carbocycles. The van der Waals surface area contributed by atoms with E-state index in [-0.39, 0.29) is 24.1 Å². The zero-order valence-corrected chi connectivity index (χ0v) is 21.9. The molecule has 2 N–H and O–H groups in total. The fourth-order valence-corrected chi connectivity index (χ4v) is 4.69. The van der Waals surface area contributed by atoms with Crippen molar-refractivity contribution < 1.29 is 28.2 Å². The van der Waals surface area contributed by atoms with Crippen LogP contribution in [-0.2, 0) is 14.3 Å². The molecule has 202 valence electrons. The zero-order valence-electron chi connectivity index (χ0n) is 21.9. The monoisotopic (exact) mass is 518 g/mol. The van der Waals surface area contributed by atoms with Crippen molar-refractivity contribution in [2.24, 2.45) is 17.8 Å². The van der Waals surface area contributed by atoms with Gasteiger partial charge in [-0.3, -0.25) is 9.48 Å². The maximum absolute atomic E-state index is 15.0. The summed E-state index contributed by atoms with van der Waals surface area (Å²) in [6, 6.07) is 0.248. The van der Waals surface area contributed by atoms with Crippen molar-refractivity contribution in [3.63, 3.8) is 0 Å². The molecule has 0 radical (unpaired) electrons. The summed E-state index contributed by atoms with van der Waals surface area (Å²) in [5, 5.41) is 17.2.